The van der Waals surface area contributed by atoms with Gasteiger partial charge in [-0.05, 0) is 34.9 Å². The smallest absolute Gasteiger partial charge is 0.310 e. The van der Waals surface area contributed by atoms with Gasteiger partial charge in [-0.25, -0.2) is 0 Å². The molecule has 1 aliphatic rings. The van der Waals surface area contributed by atoms with E-state index in [2.05, 4.69) is 0 Å². The molecule has 0 aliphatic carbocycles. The first-order chi connectivity index (χ1) is 14.2. The van der Waals surface area contributed by atoms with Gasteiger partial charge < -0.3 is 14.2 Å². The molecule has 0 atom stereocenters. The van der Waals surface area contributed by atoms with E-state index in [9.17, 15) is 9.59 Å². The number of hydrogen-bond acceptors (Lipinski definition) is 5. The van der Waals surface area contributed by atoms with Crippen molar-refractivity contribution in [2.75, 3.05) is 19.8 Å². The Kier molecular flexibility index (Phi) is 5.56. The third-order valence-corrected chi connectivity index (χ3v) is 4.64. The average molecular weight is 388 g/mol. The van der Waals surface area contributed by atoms with Crippen molar-refractivity contribution in [3.63, 3.8) is 0 Å². The van der Waals surface area contributed by atoms with E-state index in [1.54, 1.807) is 18.2 Å². The van der Waals surface area contributed by atoms with Crippen molar-refractivity contribution >= 4 is 11.8 Å². The Labute approximate surface area is 168 Å². The quantitative estimate of drug-likeness (QED) is 0.470. The van der Waals surface area contributed by atoms with Gasteiger partial charge in [0.25, 0.3) is 0 Å². The second kappa shape index (κ2) is 8.61. The fraction of sp³-hybridized carbons (Fsp3) is 0.167. The highest BCUT2D eigenvalue weighted by atomic mass is 16.6. The monoisotopic (exact) mass is 388 g/mol. The zero-order valence-corrected chi connectivity index (χ0v) is 15.8. The van der Waals surface area contributed by atoms with E-state index in [-0.39, 0.29) is 18.8 Å². The summed E-state index contributed by atoms with van der Waals surface area (Å²) in [6.07, 6.45) is 0.115. The van der Waals surface area contributed by atoms with Gasteiger partial charge in [-0.3, -0.25) is 9.59 Å². The number of Topliss-reactive ketones (excluding diaryl/α,β-unsaturated/α-hetero) is 1. The molecule has 3 aromatic rings. The first-order valence-electron chi connectivity index (χ1n) is 9.42. The van der Waals surface area contributed by atoms with Crippen molar-refractivity contribution in [3.8, 4) is 22.6 Å². The molecule has 0 spiro atoms. The van der Waals surface area contributed by atoms with Gasteiger partial charge in [0.05, 0.1) is 6.42 Å². The largest absolute Gasteiger partial charge is 0.486 e. The van der Waals surface area contributed by atoms with E-state index in [1.807, 2.05) is 54.6 Å². The summed E-state index contributed by atoms with van der Waals surface area (Å²) >= 11 is 0. The molecule has 0 bridgehead atoms. The van der Waals surface area contributed by atoms with Crippen molar-refractivity contribution in [1.29, 1.82) is 0 Å². The topological polar surface area (TPSA) is 61.8 Å². The number of carbonyl (C=O) groups excluding carboxylic acids is 2. The molecule has 0 saturated heterocycles. The summed E-state index contributed by atoms with van der Waals surface area (Å²) in [5, 5.41) is 0. The van der Waals surface area contributed by atoms with E-state index in [0.29, 0.717) is 30.3 Å². The second-order valence-corrected chi connectivity index (χ2v) is 6.68. The molecule has 0 N–H and O–H groups in total. The van der Waals surface area contributed by atoms with Gasteiger partial charge >= 0.3 is 5.97 Å². The van der Waals surface area contributed by atoms with Crippen LogP contribution in [0.4, 0.5) is 0 Å². The lowest BCUT2D eigenvalue weighted by molar-refractivity contribution is -0.141. The Morgan fingerprint density at radius 2 is 1.48 bits per heavy atom. The van der Waals surface area contributed by atoms with Crippen LogP contribution in [0, 0.1) is 0 Å². The molecule has 0 amide bonds. The number of rotatable bonds is 6. The molecule has 5 nitrogen and oxygen atoms in total. The maximum Gasteiger partial charge on any atom is 0.310 e. The van der Waals surface area contributed by atoms with E-state index >= 15 is 0 Å². The number of ketones is 1. The van der Waals surface area contributed by atoms with Crippen LogP contribution in [0.25, 0.3) is 11.1 Å². The number of ether oxygens (including phenoxy) is 3. The Hall–Kier alpha value is -3.60. The lowest BCUT2D eigenvalue weighted by atomic mass is 10.0. The summed E-state index contributed by atoms with van der Waals surface area (Å²) < 4.78 is 16.1. The zero-order chi connectivity index (χ0) is 20.1. The molecule has 0 saturated carbocycles. The number of carbonyl (C=O) groups is 2. The molecule has 29 heavy (non-hydrogen) atoms. The van der Waals surface area contributed by atoms with Gasteiger partial charge in [-0.2, -0.15) is 0 Å². The van der Waals surface area contributed by atoms with Crippen LogP contribution in [0.3, 0.4) is 0 Å². The minimum absolute atomic E-state index is 0.115. The predicted molar refractivity (Wildman–Crippen MR) is 108 cm³/mol. The Morgan fingerprint density at radius 3 is 2.24 bits per heavy atom. The third kappa shape index (κ3) is 4.63. The molecule has 0 aromatic heterocycles. The summed E-state index contributed by atoms with van der Waals surface area (Å²) in [7, 11) is 0. The van der Waals surface area contributed by atoms with Gasteiger partial charge in [0, 0.05) is 5.56 Å². The van der Waals surface area contributed by atoms with Crippen molar-refractivity contribution in [2.45, 2.75) is 6.42 Å². The van der Waals surface area contributed by atoms with Crippen molar-refractivity contribution < 1.29 is 23.8 Å². The van der Waals surface area contributed by atoms with Crippen LogP contribution in [-0.2, 0) is 16.0 Å². The Balaban J connectivity index is 1.31. The number of fused-ring (bicyclic) bond motifs is 1. The van der Waals surface area contributed by atoms with E-state index in [4.69, 9.17) is 14.2 Å². The second-order valence-electron chi connectivity index (χ2n) is 6.68. The molecular weight excluding hydrogens is 368 g/mol. The minimum Gasteiger partial charge on any atom is -0.486 e. The molecule has 146 valence electrons. The van der Waals surface area contributed by atoms with Crippen LogP contribution in [0.2, 0.25) is 0 Å². The first kappa shape index (κ1) is 18.7. The summed E-state index contributed by atoms with van der Waals surface area (Å²) in [5.41, 5.74) is 3.46. The highest BCUT2D eigenvalue weighted by molar-refractivity contribution is 5.98. The van der Waals surface area contributed by atoms with Gasteiger partial charge in [-0.15, -0.1) is 0 Å². The Morgan fingerprint density at radius 1 is 0.793 bits per heavy atom. The van der Waals surface area contributed by atoms with Crippen molar-refractivity contribution in [1.82, 2.24) is 0 Å². The van der Waals surface area contributed by atoms with E-state index < -0.39 is 5.97 Å². The van der Waals surface area contributed by atoms with Crippen molar-refractivity contribution in [2.24, 2.45) is 0 Å². The third-order valence-electron chi connectivity index (χ3n) is 4.64. The van der Waals surface area contributed by atoms with E-state index in [0.717, 1.165) is 16.7 Å². The van der Waals surface area contributed by atoms with Gasteiger partial charge in [0.15, 0.2) is 23.9 Å². The number of esters is 1. The first-order valence-corrected chi connectivity index (χ1v) is 9.42. The maximum atomic E-state index is 12.3. The van der Waals surface area contributed by atoms with Gasteiger partial charge in [-0.1, -0.05) is 54.6 Å². The van der Waals surface area contributed by atoms with Crippen LogP contribution in [0.15, 0.2) is 72.8 Å². The fourth-order valence-electron chi connectivity index (χ4n) is 3.11. The summed E-state index contributed by atoms with van der Waals surface area (Å²) in [6.45, 7) is 0.632. The summed E-state index contributed by atoms with van der Waals surface area (Å²) in [5.74, 6) is 0.425. The van der Waals surface area contributed by atoms with Crippen LogP contribution in [-0.4, -0.2) is 31.6 Å². The standard InChI is InChI=1S/C24H20O5/c25-21(20-10-11-22-23(15-20)28-13-12-27-22)16-29-24(26)14-17-6-8-19(9-7-17)18-4-2-1-3-5-18/h1-11,15H,12-14,16H2. The van der Waals surface area contributed by atoms with Crippen LogP contribution < -0.4 is 9.47 Å². The molecule has 4 rings (SSSR count). The average Bonchev–Trinajstić information content (AvgIpc) is 2.78. The molecular formula is C24H20O5. The summed E-state index contributed by atoms with van der Waals surface area (Å²) in [6, 6.07) is 22.7. The Bertz CT molecular complexity index is 1010. The molecule has 0 radical (unpaired) electrons. The zero-order valence-electron chi connectivity index (χ0n) is 15.8. The molecule has 0 unspecified atom stereocenters. The van der Waals surface area contributed by atoms with Crippen LogP contribution in [0.1, 0.15) is 15.9 Å². The predicted octanol–water partition coefficient (Wildman–Crippen LogP) is 4.09. The SMILES string of the molecule is O=C(Cc1ccc(-c2ccccc2)cc1)OCC(=O)c1ccc2c(c1)OCCO2. The maximum absolute atomic E-state index is 12.3. The molecule has 0 fully saturated rings. The molecule has 1 heterocycles. The van der Waals surface area contributed by atoms with Gasteiger partial charge in [0.2, 0.25) is 0 Å². The fourth-order valence-corrected chi connectivity index (χ4v) is 3.11. The highest BCUT2D eigenvalue weighted by Crippen LogP contribution is 2.30. The summed E-state index contributed by atoms with van der Waals surface area (Å²) in [4.78, 5) is 24.4. The molecule has 5 heteroatoms. The number of benzene rings is 3. The van der Waals surface area contributed by atoms with Crippen LogP contribution in [0.5, 0.6) is 11.5 Å². The lowest BCUT2D eigenvalue weighted by Gasteiger charge is -2.18. The normalized spacial score (nSPS) is 12.3. The van der Waals surface area contributed by atoms with Crippen molar-refractivity contribution in [3.05, 3.63) is 83.9 Å². The minimum atomic E-state index is -0.441. The van der Waals surface area contributed by atoms with Gasteiger partial charge in [0.1, 0.15) is 13.2 Å². The lowest BCUT2D eigenvalue weighted by Crippen LogP contribution is -2.18. The molecule has 3 aromatic carbocycles. The van der Waals surface area contributed by atoms with E-state index in [1.165, 1.54) is 0 Å². The van der Waals surface area contributed by atoms with Crippen LogP contribution >= 0.6 is 0 Å². The number of hydrogen-bond donors (Lipinski definition) is 0. The highest BCUT2D eigenvalue weighted by Gasteiger charge is 2.16. The molecule has 1 aliphatic heterocycles.